The largest absolute Gasteiger partial charge is 0.497 e. The summed E-state index contributed by atoms with van der Waals surface area (Å²) in [6.45, 7) is 0.754. The lowest BCUT2D eigenvalue weighted by atomic mass is 10.2. The summed E-state index contributed by atoms with van der Waals surface area (Å²) in [5, 5.41) is 11.2. The number of methoxy groups -OCH3 is 3. The number of rotatable bonds is 8. The molecule has 2 aromatic carbocycles. The number of thiazole rings is 1. The average molecular weight is 479 g/mol. The van der Waals surface area contributed by atoms with Crippen LogP contribution >= 0.6 is 11.3 Å². The molecule has 0 saturated heterocycles. The van der Waals surface area contributed by atoms with Crippen LogP contribution in [0, 0.1) is 0 Å². The number of fused-ring (bicyclic) bond motifs is 3. The van der Waals surface area contributed by atoms with E-state index < -0.39 is 0 Å². The Morgan fingerprint density at radius 3 is 2.68 bits per heavy atom. The van der Waals surface area contributed by atoms with Gasteiger partial charge >= 0.3 is 0 Å². The molecular weight excluding hydrogens is 456 g/mol. The molecule has 0 aliphatic heterocycles. The van der Waals surface area contributed by atoms with Crippen LogP contribution in [-0.4, -0.2) is 51.6 Å². The SMILES string of the molecule is COc1ccc2c(c1)sc1nc(C(=O)NCc3cn(Cc4ccc(OC)c(OC)c4)nn3)cn12. The molecule has 1 amide bonds. The highest BCUT2D eigenvalue weighted by atomic mass is 32.1. The van der Waals surface area contributed by atoms with Gasteiger partial charge in [-0.3, -0.25) is 9.20 Å². The molecule has 5 aromatic rings. The normalized spacial score (nSPS) is 11.1. The highest BCUT2D eigenvalue weighted by Gasteiger charge is 2.15. The Bertz CT molecular complexity index is 1490. The van der Waals surface area contributed by atoms with E-state index in [1.165, 1.54) is 11.3 Å². The van der Waals surface area contributed by atoms with Crippen LogP contribution < -0.4 is 19.5 Å². The smallest absolute Gasteiger partial charge is 0.271 e. The number of hydrogen-bond donors (Lipinski definition) is 1. The fourth-order valence-electron chi connectivity index (χ4n) is 3.64. The van der Waals surface area contributed by atoms with Gasteiger partial charge in [-0.15, -0.1) is 5.10 Å². The second-order valence-corrected chi connectivity index (χ2v) is 8.50. The second-order valence-electron chi connectivity index (χ2n) is 7.49. The first-order valence-electron chi connectivity index (χ1n) is 10.4. The first-order chi connectivity index (χ1) is 16.6. The summed E-state index contributed by atoms with van der Waals surface area (Å²) in [5.41, 5.74) is 2.96. The van der Waals surface area contributed by atoms with E-state index in [0.717, 1.165) is 26.5 Å². The van der Waals surface area contributed by atoms with Crippen LogP contribution in [0.1, 0.15) is 21.7 Å². The fraction of sp³-hybridized carbons (Fsp3) is 0.217. The van der Waals surface area contributed by atoms with E-state index in [0.29, 0.717) is 29.4 Å². The van der Waals surface area contributed by atoms with Crippen molar-refractivity contribution in [2.45, 2.75) is 13.1 Å². The molecule has 3 heterocycles. The molecule has 34 heavy (non-hydrogen) atoms. The molecular formula is C23H22N6O4S. The van der Waals surface area contributed by atoms with Crippen molar-refractivity contribution in [1.29, 1.82) is 0 Å². The molecule has 0 unspecified atom stereocenters. The summed E-state index contributed by atoms with van der Waals surface area (Å²) < 4.78 is 20.5. The Morgan fingerprint density at radius 1 is 1.03 bits per heavy atom. The number of nitrogens with one attached hydrogen (secondary N) is 1. The lowest BCUT2D eigenvalue weighted by Crippen LogP contribution is -2.23. The molecule has 0 fully saturated rings. The monoisotopic (exact) mass is 478 g/mol. The Hall–Kier alpha value is -4.12. The molecule has 174 valence electrons. The molecule has 0 saturated carbocycles. The van der Waals surface area contributed by atoms with Crippen molar-refractivity contribution in [2.24, 2.45) is 0 Å². The predicted octanol–water partition coefficient (Wildman–Crippen LogP) is 3.14. The molecule has 0 aliphatic rings. The lowest BCUT2D eigenvalue weighted by molar-refractivity contribution is 0.0946. The van der Waals surface area contributed by atoms with Crippen LogP contribution in [0.2, 0.25) is 0 Å². The van der Waals surface area contributed by atoms with Crippen molar-refractivity contribution in [3.63, 3.8) is 0 Å². The van der Waals surface area contributed by atoms with Gasteiger partial charge in [0.1, 0.15) is 17.1 Å². The minimum atomic E-state index is -0.271. The number of hydrogen-bond acceptors (Lipinski definition) is 8. The molecule has 0 aliphatic carbocycles. The maximum absolute atomic E-state index is 12.7. The van der Waals surface area contributed by atoms with Crippen molar-refractivity contribution >= 4 is 32.4 Å². The van der Waals surface area contributed by atoms with Crippen LogP contribution in [0.3, 0.4) is 0 Å². The number of benzene rings is 2. The second kappa shape index (κ2) is 9.02. The van der Waals surface area contributed by atoms with E-state index in [-0.39, 0.29) is 12.5 Å². The van der Waals surface area contributed by atoms with Crippen molar-refractivity contribution in [3.8, 4) is 17.2 Å². The van der Waals surface area contributed by atoms with Crippen molar-refractivity contribution in [2.75, 3.05) is 21.3 Å². The van der Waals surface area contributed by atoms with Gasteiger partial charge in [-0.25, -0.2) is 9.67 Å². The van der Waals surface area contributed by atoms with Gasteiger partial charge in [-0.1, -0.05) is 22.6 Å². The highest BCUT2D eigenvalue weighted by molar-refractivity contribution is 7.23. The van der Waals surface area contributed by atoms with Crippen LogP contribution in [0.15, 0.2) is 48.8 Å². The number of aromatic nitrogens is 5. The zero-order valence-corrected chi connectivity index (χ0v) is 19.6. The van der Waals surface area contributed by atoms with Gasteiger partial charge in [-0.05, 0) is 35.9 Å². The van der Waals surface area contributed by atoms with Crippen LogP contribution in [0.5, 0.6) is 17.2 Å². The van der Waals surface area contributed by atoms with Gasteiger partial charge in [0.25, 0.3) is 5.91 Å². The van der Waals surface area contributed by atoms with Crippen molar-refractivity contribution in [3.05, 3.63) is 65.7 Å². The van der Waals surface area contributed by atoms with Crippen LogP contribution in [-0.2, 0) is 13.1 Å². The number of carbonyl (C=O) groups is 1. The average Bonchev–Trinajstić information content (AvgIpc) is 3.56. The van der Waals surface area contributed by atoms with Gasteiger partial charge in [0.15, 0.2) is 16.5 Å². The Balaban J connectivity index is 1.24. The third-order valence-corrected chi connectivity index (χ3v) is 6.36. The van der Waals surface area contributed by atoms with E-state index in [9.17, 15) is 4.79 Å². The fourth-order valence-corrected chi connectivity index (χ4v) is 4.68. The molecule has 1 N–H and O–H groups in total. The zero-order chi connectivity index (χ0) is 23.7. The highest BCUT2D eigenvalue weighted by Crippen LogP contribution is 2.30. The van der Waals surface area contributed by atoms with Gasteiger partial charge < -0.3 is 19.5 Å². The van der Waals surface area contributed by atoms with Crippen LogP contribution in [0.4, 0.5) is 0 Å². The standard InChI is InChI=1S/C23H22N6O4S/c1-31-16-5-6-18-21(9-16)34-23-25-17(13-29(18)23)22(30)24-10-15-12-28(27-26-15)11-14-4-7-19(32-2)20(8-14)33-3/h4-9,12-13H,10-11H2,1-3H3,(H,24,30). The summed E-state index contributed by atoms with van der Waals surface area (Å²) >= 11 is 1.50. The summed E-state index contributed by atoms with van der Waals surface area (Å²) in [5.74, 6) is 1.83. The van der Waals surface area contributed by atoms with Gasteiger partial charge in [0.05, 0.1) is 50.8 Å². The maximum atomic E-state index is 12.7. The minimum absolute atomic E-state index is 0.244. The minimum Gasteiger partial charge on any atom is -0.497 e. The third-order valence-electron chi connectivity index (χ3n) is 5.34. The van der Waals surface area contributed by atoms with Crippen molar-refractivity contribution in [1.82, 2.24) is 29.7 Å². The Kier molecular flexibility index (Phi) is 5.76. The predicted molar refractivity (Wildman–Crippen MR) is 127 cm³/mol. The maximum Gasteiger partial charge on any atom is 0.271 e. The van der Waals surface area contributed by atoms with E-state index in [2.05, 4.69) is 20.6 Å². The van der Waals surface area contributed by atoms with Gasteiger partial charge in [0, 0.05) is 6.20 Å². The van der Waals surface area contributed by atoms with E-state index in [4.69, 9.17) is 14.2 Å². The Morgan fingerprint density at radius 2 is 1.88 bits per heavy atom. The van der Waals surface area contributed by atoms with Crippen LogP contribution in [0.25, 0.3) is 15.2 Å². The number of amides is 1. The number of imidazole rings is 1. The zero-order valence-electron chi connectivity index (χ0n) is 18.8. The number of carbonyl (C=O) groups excluding carboxylic acids is 1. The number of ether oxygens (including phenoxy) is 3. The Labute approximate surface area is 198 Å². The first kappa shape index (κ1) is 21.7. The molecule has 5 rings (SSSR count). The lowest BCUT2D eigenvalue weighted by Gasteiger charge is -2.09. The summed E-state index contributed by atoms with van der Waals surface area (Å²) in [4.78, 5) is 17.9. The topological polar surface area (TPSA) is 105 Å². The molecule has 11 heteroatoms. The molecule has 0 spiro atoms. The van der Waals surface area contributed by atoms with E-state index >= 15 is 0 Å². The van der Waals surface area contributed by atoms with E-state index in [1.807, 2.05) is 40.8 Å². The van der Waals surface area contributed by atoms with Gasteiger partial charge in [-0.2, -0.15) is 0 Å². The molecule has 0 radical (unpaired) electrons. The summed E-state index contributed by atoms with van der Waals surface area (Å²) in [7, 11) is 4.83. The van der Waals surface area contributed by atoms with Gasteiger partial charge in [0.2, 0.25) is 0 Å². The summed E-state index contributed by atoms with van der Waals surface area (Å²) in [6, 6.07) is 11.5. The van der Waals surface area contributed by atoms with E-state index in [1.54, 1.807) is 38.4 Å². The number of nitrogens with zero attached hydrogens (tertiary/aromatic N) is 5. The molecule has 0 atom stereocenters. The first-order valence-corrected chi connectivity index (χ1v) is 11.2. The quantitative estimate of drug-likeness (QED) is 0.365. The summed E-state index contributed by atoms with van der Waals surface area (Å²) in [6.07, 6.45) is 3.54. The third kappa shape index (κ3) is 4.13. The molecule has 10 nitrogen and oxygen atoms in total. The van der Waals surface area contributed by atoms with Crippen molar-refractivity contribution < 1.29 is 19.0 Å². The molecule has 3 aromatic heterocycles. The molecule has 0 bridgehead atoms.